The second kappa shape index (κ2) is 6.71. The third-order valence-electron chi connectivity index (χ3n) is 3.98. The average Bonchev–Trinajstić information content (AvgIpc) is 2.94. The van der Waals surface area contributed by atoms with E-state index in [0.717, 1.165) is 16.5 Å². The first-order valence-electron chi connectivity index (χ1n) is 7.96. The van der Waals surface area contributed by atoms with E-state index in [1.807, 2.05) is 43.3 Å². The smallest absolute Gasteiger partial charge is 0.310 e. The van der Waals surface area contributed by atoms with Crippen LogP contribution in [0.2, 0.25) is 0 Å². The summed E-state index contributed by atoms with van der Waals surface area (Å²) in [5, 5.41) is 0.876. The van der Waals surface area contributed by atoms with Crippen LogP contribution in [0.15, 0.2) is 48.5 Å². The number of para-hydroxylation sites is 1. The largest absolute Gasteiger partial charge is 0.466 e. The van der Waals surface area contributed by atoms with Gasteiger partial charge < -0.3 is 9.72 Å². The maximum Gasteiger partial charge on any atom is 0.310 e. The quantitative estimate of drug-likeness (QED) is 0.574. The Morgan fingerprint density at radius 1 is 1.04 bits per heavy atom. The summed E-state index contributed by atoms with van der Waals surface area (Å²) in [6, 6.07) is 15.0. The Balaban J connectivity index is 2.07. The van der Waals surface area contributed by atoms with Gasteiger partial charge in [-0.2, -0.15) is 0 Å². The molecule has 0 aliphatic heterocycles. The van der Waals surface area contributed by atoms with Crippen LogP contribution >= 0.6 is 0 Å². The Kier molecular flexibility index (Phi) is 4.47. The molecule has 0 spiro atoms. The zero-order chi connectivity index (χ0) is 17.1. The molecule has 4 heteroatoms. The van der Waals surface area contributed by atoms with Gasteiger partial charge in [0.2, 0.25) is 5.78 Å². The van der Waals surface area contributed by atoms with Crippen molar-refractivity contribution in [3.8, 4) is 0 Å². The third-order valence-corrected chi connectivity index (χ3v) is 3.98. The van der Waals surface area contributed by atoms with Gasteiger partial charge in [-0.1, -0.05) is 48.0 Å². The van der Waals surface area contributed by atoms with E-state index < -0.39 is 0 Å². The van der Waals surface area contributed by atoms with E-state index in [0.29, 0.717) is 23.4 Å². The van der Waals surface area contributed by atoms with Crippen molar-refractivity contribution in [3.63, 3.8) is 0 Å². The lowest BCUT2D eigenvalue weighted by molar-refractivity contribution is -0.142. The molecule has 0 unspecified atom stereocenters. The molecule has 0 aliphatic carbocycles. The van der Waals surface area contributed by atoms with Crippen LogP contribution in [0.1, 0.15) is 34.1 Å². The minimum Gasteiger partial charge on any atom is -0.466 e. The maximum absolute atomic E-state index is 12.9. The minimum atomic E-state index is -0.333. The van der Waals surface area contributed by atoms with Crippen molar-refractivity contribution in [1.29, 1.82) is 0 Å². The van der Waals surface area contributed by atoms with Crippen molar-refractivity contribution in [2.75, 3.05) is 6.61 Å². The Bertz CT molecular complexity index is 891. The first-order chi connectivity index (χ1) is 11.6. The van der Waals surface area contributed by atoms with Crippen molar-refractivity contribution in [2.24, 2.45) is 0 Å². The van der Waals surface area contributed by atoms with Crippen molar-refractivity contribution in [2.45, 2.75) is 20.3 Å². The summed E-state index contributed by atoms with van der Waals surface area (Å²) < 4.78 is 5.06. The molecule has 0 saturated heterocycles. The molecule has 2 aromatic carbocycles. The number of fused-ring (bicyclic) bond motifs is 1. The molecule has 3 rings (SSSR count). The van der Waals surface area contributed by atoms with Gasteiger partial charge in [0.1, 0.15) is 0 Å². The molecule has 0 fully saturated rings. The number of H-pyrrole nitrogens is 1. The molecule has 0 amide bonds. The molecule has 3 aromatic rings. The second-order valence-corrected chi connectivity index (χ2v) is 5.70. The van der Waals surface area contributed by atoms with Crippen LogP contribution in [0.3, 0.4) is 0 Å². The Morgan fingerprint density at radius 3 is 2.46 bits per heavy atom. The first-order valence-corrected chi connectivity index (χ1v) is 7.96. The van der Waals surface area contributed by atoms with E-state index in [4.69, 9.17) is 4.74 Å². The number of ketones is 1. The normalized spacial score (nSPS) is 10.8. The lowest BCUT2D eigenvalue weighted by Gasteiger charge is -2.05. The summed E-state index contributed by atoms with van der Waals surface area (Å²) in [5.74, 6) is -0.453. The van der Waals surface area contributed by atoms with Gasteiger partial charge >= 0.3 is 5.97 Å². The van der Waals surface area contributed by atoms with Crippen LogP contribution in [0, 0.1) is 6.92 Å². The van der Waals surface area contributed by atoms with Gasteiger partial charge in [0.25, 0.3) is 0 Å². The number of carbonyl (C=O) groups is 2. The molecule has 4 nitrogen and oxygen atoms in total. The molecule has 1 heterocycles. The predicted octanol–water partition coefficient (Wildman–Crippen LogP) is 3.81. The molecular formula is C20H19NO3. The van der Waals surface area contributed by atoms with Crippen LogP contribution in [0.25, 0.3) is 10.9 Å². The van der Waals surface area contributed by atoms with Crippen LogP contribution in [-0.2, 0) is 16.0 Å². The highest BCUT2D eigenvalue weighted by Crippen LogP contribution is 2.25. The van der Waals surface area contributed by atoms with Gasteiger partial charge in [0, 0.05) is 22.0 Å². The summed E-state index contributed by atoms with van der Waals surface area (Å²) in [7, 11) is 0. The average molecular weight is 321 g/mol. The number of hydrogen-bond acceptors (Lipinski definition) is 3. The molecular weight excluding hydrogens is 302 g/mol. The number of rotatable bonds is 5. The Morgan fingerprint density at radius 2 is 1.75 bits per heavy atom. The van der Waals surface area contributed by atoms with Crippen molar-refractivity contribution in [3.05, 3.63) is 70.9 Å². The van der Waals surface area contributed by atoms with Gasteiger partial charge in [-0.05, 0) is 19.9 Å². The Labute approximate surface area is 140 Å². The lowest BCUT2D eigenvalue weighted by Crippen LogP contribution is -2.11. The summed E-state index contributed by atoms with van der Waals surface area (Å²) in [6.45, 7) is 4.07. The molecule has 1 N–H and O–H groups in total. The fraction of sp³-hybridized carbons (Fsp3) is 0.200. The fourth-order valence-electron chi connectivity index (χ4n) is 2.78. The van der Waals surface area contributed by atoms with Crippen LogP contribution in [-0.4, -0.2) is 23.3 Å². The van der Waals surface area contributed by atoms with Crippen molar-refractivity contribution < 1.29 is 14.3 Å². The number of benzene rings is 2. The van der Waals surface area contributed by atoms with Gasteiger partial charge in [-0.15, -0.1) is 0 Å². The lowest BCUT2D eigenvalue weighted by atomic mass is 10.0. The number of aromatic amines is 1. The van der Waals surface area contributed by atoms with Crippen LogP contribution in [0.5, 0.6) is 0 Å². The van der Waals surface area contributed by atoms with Crippen molar-refractivity contribution in [1.82, 2.24) is 4.98 Å². The number of carbonyl (C=O) groups excluding carboxylic acids is 2. The van der Waals surface area contributed by atoms with E-state index in [2.05, 4.69) is 4.98 Å². The van der Waals surface area contributed by atoms with Crippen molar-refractivity contribution >= 4 is 22.7 Å². The van der Waals surface area contributed by atoms with Gasteiger partial charge in [0.05, 0.1) is 18.7 Å². The number of aryl methyl sites for hydroxylation is 1. The monoisotopic (exact) mass is 321 g/mol. The first kappa shape index (κ1) is 16.0. The summed E-state index contributed by atoms with van der Waals surface area (Å²) in [4.78, 5) is 28.0. The molecule has 0 atom stereocenters. The third kappa shape index (κ3) is 3.08. The molecule has 0 aliphatic rings. The number of hydrogen-bond donors (Lipinski definition) is 1. The van der Waals surface area contributed by atoms with Crippen LogP contribution in [0.4, 0.5) is 0 Å². The molecule has 0 saturated carbocycles. The second-order valence-electron chi connectivity index (χ2n) is 5.70. The highest BCUT2D eigenvalue weighted by Gasteiger charge is 2.21. The zero-order valence-corrected chi connectivity index (χ0v) is 13.8. The maximum atomic E-state index is 12.9. The minimum absolute atomic E-state index is 0.0742. The fourth-order valence-corrected chi connectivity index (χ4v) is 2.78. The SMILES string of the molecule is CCOC(=O)Cc1c(C(=O)c2ccc(C)cc2)[nH]c2ccccc12. The molecule has 0 bridgehead atoms. The Hall–Kier alpha value is -2.88. The van der Waals surface area contributed by atoms with E-state index in [-0.39, 0.29) is 18.2 Å². The van der Waals surface area contributed by atoms with E-state index in [1.165, 1.54) is 0 Å². The zero-order valence-electron chi connectivity index (χ0n) is 13.8. The molecule has 122 valence electrons. The number of esters is 1. The van der Waals surface area contributed by atoms with Gasteiger partial charge in [0.15, 0.2) is 0 Å². The van der Waals surface area contributed by atoms with Gasteiger partial charge in [-0.25, -0.2) is 0 Å². The van der Waals surface area contributed by atoms with Crippen LogP contribution < -0.4 is 0 Å². The number of nitrogens with one attached hydrogen (secondary N) is 1. The van der Waals surface area contributed by atoms with E-state index in [9.17, 15) is 9.59 Å². The number of ether oxygens (including phenoxy) is 1. The summed E-state index contributed by atoms with van der Waals surface area (Å²) >= 11 is 0. The molecule has 0 radical (unpaired) electrons. The predicted molar refractivity (Wildman–Crippen MR) is 93.2 cm³/mol. The topological polar surface area (TPSA) is 59.2 Å². The van der Waals surface area contributed by atoms with E-state index >= 15 is 0 Å². The standard InChI is InChI=1S/C20H19NO3/c1-3-24-18(22)12-16-15-6-4-5-7-17(15)21-19(16)20(23)14-10-8-13(2)9-11-14/h4-11,21H,3,12H2,1-2H3. The van der Waals surface area contributed by atoms with E-state index in [1.54, 1.807) is 19.1 Å². The molecule has 1 aromatic heterocycles. The summed E-state index contributed by atoms with van der Waals surface area (Å²) in [5.41, 5.74) is 3.67. The number of aromatic nitrogens is 1. The molecule has 24 heavy (non-hydrogen) atoms. The highest BCUT2D eigenvalue weighted by molar-refractivity contribution is 6.12. The summed E-state index contributed by atoms with van der Waals surface area (Å²) in [6.07, 6.45) is 0.0742. The highest BCUT2D eigenvalue weighted by atomic mass is 16.5. The van der Waals surface area contributed by atoms with Gasteiger partial charge in [-0.3, -0.25) is 9.59 Å².